The van der Waals surface area contributed by atoms with E-state index in [1.807, 2.05) is 19.1 Å². The molecule has 0 amide bonds. The number of nitrogen functional groups attached to an aromatic ring is 1. The zero-order valence-corrected chi connectivity index (χ0v) is 12.3. The van der Waals surface area contributed by atoms with Gasteiger partial charge in [-0.15, -0.1) is 0 Å². The summed E-state index contributed by atoms with van der Waals surface area (Å²) < 4.78 is 25.2. The molecule has 0 atom stereocenters. The Bertz CT molecular complexity index is 920. The average Bonchev–Trinajstić information content (AvgIpc) is 2.47. The Morgan fingerprint density at radius 3 is 2.43 bits per heavy atom. The van der Waals surface area contributed by atoms with Gasteiger partial charge in [0, 0.05) is 11.6 Å². The molecule has 0 saturated carbocycles. The van der Waals surface area contributed by atoms with Crippen LogP contribution < -0.4 is 5.73 Å². The third-order valence-electron chi connectivity index (χ3n) is 3.30. The molecule has 0 bridgehead atoms. The molecular weight excluding hydrogens is 284 g/mol. The molecule has 106 valence electrons. The summed E-state index contributed by atoms with van der Waals surface area (Å²) in [6.45, 7) is 1.91. The Morgan fingerprint density at radius 2 is 1.71 bits per heavy atom. The fourth-order valence-corrected chi connectivity index (χ4v) is 3.56. The molecule has 0 aliphatic carbocycles. The highest BCUT2D eigenvalue weighted by Gasteiger charge is 2.18. The summed E-state index contributed by atoms with van der Waals surface area (Å²) in [6.07, 6.45) is 1.36. The maximum absolute atomic E-state index is 12.6. The maximum Gasteiger partial charge on any atom is 0.208 e. The summed E-state index contributed by atoms with van der Waals surface area (Å²) in [5.74, 6) is 0. The second kappa shape index (κ2) is 4.86. The van der Waals surface area contributed by atoms with Gasteiger partial charge in [0.05, 0.1) is 21.0 Å². The van der Waals surface area contributed by atoms with Gasteiger partial charge in [-0.25, -0.2) is 8.42 Å². The Kier molecular flexibility index (Phi) is 3.14. The molecule has 0 radical (unpaired) electrons. The highest BCUT2D eigenvalue weighted by Crippen LogP contribution is 2.26. The Hall–Kier alpha value is -2.40. The van der Waals surface area contributed by atoms with E-state index in [1.165, 1.54) is 6.20 Å². The third kappa shape index (κ3) is 2.36. The molecule has 3 rings (SSSR count). The van der Waals surface area contributed by atoms with Crippen LogP contribution in [0.5, 0.6) is 0 Å². The molecule has 0 saturated heterocycles. The van der Waals surface area contributed by atoms with E-state index in [0.29, 0.717) is 11.2 Å². The lowest BCUT2D eigenvalue weighted by Crippen LogP contribution is -2.03. The number of benzene rings is 2. The number of aryl methyl sites for hydroxylation is 1. The maximum atomic E-state index is 12.6. The van der Waals surface area contributed by atoms with Crippen LogP contribution in [0, 0.1) is 6.92 Å². The number of fused-ring (bicyclic) bond motifs is 1. The SMILES string of the molecule is Cc1cc(N)c2ncc(S(=O)(=O)c3ccccc3)cc2c1. The van der Waals surface area contributed by atoms with Crippen molar-refractivity contribution in [3.05, 3.63) is 60.3 Å². The van der Waals surface area contributed by atoms with Gasteiger partial charge in [0.15, 0.2) is 0 Å². The van der Waals surface area contributed by atoms with Crippen molar-refractivity contribution in [1.82, 2.24) is 4.98 Å². The van der Waals surface area contributed by atoms with Gasteiger partial charge >= 0.3 is 0 Å². The van der Waals surface area contributed by atoms with Crippen LogP contribution in [0.3, 0.4) is 0 Å². The lowest BCUT2D eigenvalue weighted by atomic mass is 10.1. The van der Waals surface area contributed by atoms with Crippen LogP contribution in [-0.2, 0) is 9.84 Å². The Morgan fingerprint density at radius 1 is 1.00 bits per heavy atom. The first-order valence-electron chi connectivity index (χ1n) is 6.44. The minimum absolute atomic E-state index is 0.172. The van der Waals surface area contributed by atoms with Gasteiger partial charge in [-0.3, -0.25) is 4.98 Å². The quantitative estimate of drug-likeness (QED) is 0.738. The number of hydrogen-bond donors (Lipinski definition) is 1. The van der Waals surface area contributed by atoms with Crippen molar-refractivity contribution < 1.29 is 8.42 Å². The van der Waals surface area contributed by atoms with E-state index < -0.39 is 9.84 Å². The van der Waals surface area contributed by atoms with Crippen LogP contribution in [0.15, 0.2) is 64.5 Å². The highest BCUT2D eigenvalue weighted by atomic mass is 32.2. The standard InChI is InChI=1S/C16H14N2O2S/c1-11-7-12-9-14(10-18-16(12)15(17)8-11)21(19,20)13-5-3-2-4-6-13/h2-10H,17H2,1H3. The molecule has 5 heteroatoms. The third-order valence-corrected chi connectivity index (χ3v) is 5.03. The number of hydrogen-bond acceptors (Lipinski definition) is 4. The Labute approximate surface area is 123 Å². The number of rotatable bonds is 2. The van der Waals surface area contributed by atoms with Gasteiger partial charge in [0.2, 0.25) is 9.84 Å². The fraction of sp³-hybridized carbons (Fsp3) is 0.0625. The van der Waals surface area contributed by atoms with E-state index in [4.69, 9.17) is 5.73 Å². The normalized spacial score (nSPS) is 11.7. The molecule has 0 fully saturated rings. The largest absolute Gasteiger partial charge is 0.397 e. The summed E-state index contributed by atoms with van der Waals surface area (Å²) in [5, 5.41) is 0.726. The first-order chi connectivity index (χ1) is 9.98. The molecule has 1 aromatic heterocycles. The van der Waals surface area contributed by atoms with Crippen LogP contribution in [-0.4, -0.2) is 13.4 Å². The first-order valence-corrected chi connectivity index (χ1v) is 7.93. The van der Waals surface area contributed by atoms with Crippen LogP contribution in [0.25, 0.3) is 10.9 Å². The van der Waals surface area contributed by atoms with Gasteiger partial charge in [-0.05, 0) is 42.8 Å². The number of nitrogens with two attached hydrogens (primary N) is 1. The molecule has 21 heavy (non-hydrogen) atoms. The number of pyridine rings is 1. The van der Waals surface area contributed by atoms with E-state index >= 15 is 0 Å². The molecule has 0 aliphatic heterocycles. The first kappa shape index (κ1) is 13.6. The van der Waals surface area contributed by atoms with Crippen LogP contribution >= 0.6 is 0 Å². The lowest BCUT2D eigenvalue weighted by molar-refractivity contribution is 0.596. The molecule has 0 spiro atoms. The summed E-state index contributed by atoms with van der Waals surface area (Å²) in [4.78, 5) is 4.64. The summed E-state index contributed by atoms with van der Waals surface area (Å²) in [5.41, 5.74) is 8.05. The average molecular weight is 298 g/mol. The van der Waals surface area contributed by atoms with Crippen molar-refractivity contribution in [3.8, 4) is 0 Å². The summed E-state index contributed by atoms with van der Waals surface area (Å²) in [6, 6.07) is 13.6. The van der Waals surface area contributed by atoms with Gasteiger partial charge < -0.3 is 5.73 Å². The minimum atomic E-state index is -3.56. The second-order valence-electron chi connectivity index (χ2n) is 4.91. The predicted molar refractivity (Wildman–Crippen MR) is 82.8 cm³/mol. The number of sulfone groups is 1. The number of anilines is 1. The second-order valence-corrected chi connectivity index (χ2v) is 6.86. The summed E-state index contributed by atoms with van der Waals surface area (Å²) >= 11 is 0. The van der Waals surface area contributed by atoms with Crippen molar-refractivity contribution >= 4 is 26.4 Å². The lowest BCUT2D eigenvalue weighted by Gasteiger charge is -2.07. The zero-order valence-electron chi connectivity index (χ0n) is 11.4. The van der Waals surface area contributed by atoms with E-state index in [1.54, 1.807) is 36.4 Å². The molecule has 1 heterocycles. The molecule has 0 aliphatic rings. The van der Waals surface area contributed by atoms with Crippen molar-refractivity contribution in [2.45, 2.75) is 16.7 Å². The van der Waals surface area contributed by atoms with Crippen LogP contribution in [0.1, 0.15) is 5.56 Å². The molecule has 3 aromatic rings. The molecule has 4 nitrogen and oxygen atoms in total. The topological polar surface area (TPSA) is 73.0 Å². The monoisotopic (exact) mass is 298 g/mol. The summed E-state index contributed by atoms with van der Waals surface area (Å²) in [7, 11) is -3.56. The van der Waals surface area contributed by atoms with Crippen molar-refractivity contribution in [2.75, 3.05) is 5.73 Å². The van der Waals surface area contributed by atoms with Gasteiger partial charge in [0.1, 0.15) is 0 Å². The predicted octanol–water partition coefficient (Wildman–Crippen LogP) is 2.96. The fourth-order valence-electron chi connectivity index (χ4n) is 2.30. The zero-order chi connectivity index (χ0) is 15.0. The Balaban J connectivity index is 2.22. The van der Waals surface area contributed by atoms with Crippen molar-refractivity contribution in [3.63, 3.8) is 0 Å². The van der Waals surface area contributed by atoms with E-state index in [-0.39, 0.29) is 9.79 Å². The molecular formula is C16H14N2O2S. The number of nitrogens with zero attached hydrogens (tertiary/aromatic N) is 1. The van der Waals surface area contributed by atoms with Gasteiger partial charge in [-0.1, -0.05) is 18.2 Å². The molecule has 2 N–H and O–H groups in total. The van der Waals surface area contributed by atoms with Gasteiger partial charge in [0.25, 0.3) is 0 Å². The highest BCUT2D eigenvalue weighted by molar-refractivity contribution is 7.91. The number of aromatic nitrogens is 1. The minimum Gasteiger partial charge on any atom is -0.397 e. The molecule has 0 unspecified atom stereocenters. The van der Waals surface area contributed by atoms with Crippen molar-refractivity contribution in [1.29, 1.82) is 0 Å². The molecule has 2 aromatic carbocycles. The van der Waals surface area contributed by atoms with E-state index in [2.05, 4.69) is 4.98 Å². The van der Waals surface area contributed by atoms with Gasteiger partial charge in [-0.2, -0.15) is 0 Å². The van der Waals surface area contributed by atoms with E-state index in [9.17, 15) is 8.42 Å². The van der Waals surface area contributed by atoms with Crippen LogP contribution in [0.4, 0.5) is 5.69 Å². The smallest absolute Gasteiger partial charge is 0.208 e. The van der Waals surface area contributed by atoms with E-state index in [0.717, 1.165) is 10.9 Å². The van der Waals surface area contributed by atoms with Crippen molar-refractivity contribution in [2.24, 2.45) is 0 Å². The van der Waals surface area contributed by atoms with Crippen LogP contribution in [0.2, 0.25) is 0 Å².